The van der Waals surface area contributed by atoms with E-state index < -0.39 is 34.3 Å². The van der Waals surface area contributed by atoms with E-state index in [4.69, 9.17) is 0 Å². The lowest BCUT2D eigenvalue weighted by Crippen LogP contribution is -2.52. The predicted molar refractivity (Wildman–Crippen MR) is 144 cm³/mol. The summed E-state index contributed by atoms with van der Waals surface area (Å²) in [6, 6.07) is 21.2. The topological polar surface area (TPSA) is 86.8 Å². The third kappa shape index (κ3) is 6.58. The van der Waals surface area contributed by atoms with Gasteiger partial charge in [-0.2, -0.15) is 0 Å². The first-order chi connectivity index (χ1) is 18.3. The Kier molecular flexibility index (Phi) is 8.78. The van der Waals surface area contributed by atoms with E-state index in [1.807, 2.05) is 30.3 Å². The quantitative estimate of drug-likeness (QED) is 0.413. The van der Waals surface area contributed by atoms with Gasteiger partial charge >= 0.3 is 0 Å². The molecular weight excluding hydrogens is 505 g/mol. The maximum atomic E-state index is 13.8. The zero-order valence-electron chi connectivity index (χ0n) is 21.3. The summed E-state index contributed by atoms with van der Waals surface area (Å²) in [6.45, 7) is 1.22. The summed E-state index contributed by atoms with van der Waals surface area (Å²) in [5.41, 5.74) is 0.951. The van der Waals surface area contributed by atoms with Crippen LogP contribution in [0, 0.1) is 5.82 Å². The Morgan fingerprint density at radius 3 is 2.11 bits per heavy atom. The number of hydrogen-bond donors (Lipinski definition) is 1. The molecular formula is C29H32FN3O4S. The summed E-state index contributed by atoms with van der Waals surface area (Å²) < 4.78 is 41.9. The monoisotopic (exact) mass is 537 g/mol. The number of halogens is 1. The molecule has 1 aliphatic carbocycles. The molecule has 1 saturated carbocycles. The molecule has 3 aromatic carbocycles. The van der Waals surface area contributed by atoms with Crippen LogP contribution < -0.4 is 9.62 Å². The highest BCUT2D eigenvalue weighted by molar-refractivity contribution is 7.92. The third-order valence-corrected chi connectivity index (χ3v) is 8.58. The second-order valence-electron chi connectivity index (χ2n) is 9.47. The standard InChI is InChI=1S/C29H32FN3O4S/c1-22(29(35)31-25-12-8-9-13-25)32(20-23-10-4-2-5-11-23)28(34)21-33(26-18-16-24(30)17-19-26)38(36,37)27-14-6-3-7-15-27/h2-7,10-11,14-19,22,25H,8-9,12-13,20-21H2,1H3,(H,31,35). The third-order valence-electron chi connectivity index (χ3n) is 6.79. The van der Waals surface area contributed by atoms with Crippen LogP contribution in [0.15, 0.2) is 89.8 Å². The zero-order valence-corrected chi connectivity index (χ0v) is 22.1. The molecule has 7 nitrogen and oxygen atoms in total. The van der Waals surface area contributed by atoms with Crippen molar-refractivity contribution >= 4 is 27.5 Å². The van der Waals surface area contributed by atoms with Crippen molar-refractivity contribution in [2.24, 2.45) is 0 Å². The molecule has 0 saturated heterocycles. The normalized spacial score (nSPS) is 14.6. The summed E-state index contributed by atoms with van der Waals surface area (Å²) in [7, 11) is -4.17. The smallest absolute Gasteiger partial charge is 0.264 e. The molecule has 0 spiro atoms. The van der Waals surface area contributed by atoms with Gasteiger partial charge < -0.3 is 10.2 Å². The summed E-state index contributed by atoms with van der Waals surface area (Å²) in [5, 5.41) is 3.04. The van der Waals surface area contributed by atoms with Crippen molar-refractivity contribution in [3.63, 3.8) is 0 Å². The Morgan fingerprint density at radius 2 is 1.50 bits per heavy atom. The van der Waals surface area contributed by atoms with Gasteiger partial charge in [-0.3, -0.25) is 13.9 Å². The van der Waals surface area contributed by atoms with Gasteiger partial charge in [0.1, 0.15) is 18.4 Å². The number of sulfonamides is 1. The van der Waals surface area contributed by atoms with Crippen LogP contribution in [0.5, 0.6) is 0 Å². The first kappa shape index (κ1) is 27.3. The highest BCUT2D eigenvalue weighted by atomic mass is 32.2. The maximum absolute atomic E-state index is 13.8. The molecule has 3 aromatic rings. The van der Waals surface area contributed by atoms with Crippen LogP contribution in [-0.2, 0) is 26.2 Å². The minimum Gasteiger partial charge on any atom is -0.352 e. The van der Waals surface area contributed by atoms with Gasteiger partial charge in [-0.15, -0.1) is 0 Å². The van der Waals surface area contributed by atoms with E-state index in [0.29, 0.717) is 0 Å². The number of rotatable bonds is 10. The van der Waals surface area contributed by atoms with Gasteiger partial charge in [-0.1, -0.05) is 61.4 Å². The van der Waals surface area contributed by atoms with E-state index >= 15 is 0 Å². The molecule has 1 N–H and O–H groups in total. The highest BCUT2D eigenvalue weighted by Crippen LogP contribution is 2.25. The summed E-state index contributed by atoms with van der Waals surface area (Å²) in [5.74, 6) is -1.35. The van der Waals surface area contributed by atoms with E-state index in [9.17, 15) is 22.4 Å². The number of carbonyl (C=O) groups is 2. The minimum atomic E-state index is -4.17. The van der Waals surface area contributed by atoms with Gasteiger partial charge in [0.2, 0.25) is 11.8 Å². The number of nitrogens with one attached hydrogen (secondary N) is 1. The molecule has 9 heteroatoms. The number of nitrogens with zero attached hydrogens (tertiary/aromatic N) is 2. The van der Waals surface area contributed by atoms with Crippen LogP contribution in [0.2, 0.25) is 0 Å². The Labute approximate surface area is 223 Å². The minimum absolute atomic E-state index is 0.00115. The lowest BCUT2D eigenvalue weighted by atomic mass is 10.1. The molecule has 38 heavy (non-hydrogen) atoms. The lowest BCUT2D eigenvalue weighted by molar-refractivity contribution is -0.139. The molecule has 1 unspecified atom stereocenters. The second-order valence-corrected chi connectivity index (χ2v) is 11.3. The van der Waals surface area contributed by atoms with E-state index in [1.54, 1.807) is 25.1 Å². The van der Waals surface area contributed by atoms with E-state index in [1.165, 1.54) is 29.2 Å². The average molecular weight is 538 g/mol. The van der Waals surface area contributed by atoms with Crippen LogP contribution in [0.1, 0.15) is 38.2 Å². The van der Waals surface area contributed by atoms with Crippen LogP contribution >= 0.6 is 0 Å². The van der Waals surface area contributed by atoms with Gasteiger partial charge in [0.25, 0.3) is 10.0 Å². The van der Waals surface area contributed by atoms with Crippen molar-refractivity contribution in [1.82, 2.24) is 10.2 Å². The van der Waals surface area contributed by atoms with Gasteiger partial charge in [0.05, 0.1) is 10.6 Å². The molecule has 1 aliphatic rings. The van der Waals surface area contributed by atoms with Crippen molar-refractivity contribution in [1.29, 1.82) is 0 Å². The molecule has 0 heterocycles. The van der Waals surface area contributed by atoms with Crippen molar-refractivity contribution < 1.29 is 22.4 Å². The maximum Gasteiger partial charge on any atom is 0.264 e. The largest absolute Gasteiger partial charge is 0.352 e. The van der Waals surface area contributed by atoms with Crippen LogP contribution in [0.4, 0.5) is 10.1 Å². The van der Waals surface area contributed by atoms with Crippen molar-refractivity contribution in [3.8, 4) is 0 Å². The molecule has 2 amide bonds. The zero-order chi connectivity index (χ0) is 27.1. The average Bonchev–Trinajstić information content (AvgIpc) is 3.44. The van der Waals surface area contributed by atoms with Gasteiger partial charge in [0.15, 0.2) is 0 Å². The lowest BCUT2D eigenvalue weighted by Gasteiger charge is -2.32. The highest BCUT2D eigenvalue weighted by Gasteiger charge is 2.33. The molecule has 0 aromatic heterocycles. The fourth-order valence-corrected chi connectivity index (χ4v) is 6.05. The van der Waals surface area contributed by atoms with Gasteiger partial charge in [0, 0.05) is 12.6 Å². The Morgan fingerprint density at radius 1 is 0.921 bits per heavy atom. The first-order valence-corrected chi connectivity index (χ1v) is 14.2. The summed E-state index contributed by atoms with van der Waals surface area (Å²) in [4.78, 5) is 28.4. The fraction of sp³-hybridized carbons (Fsp3) is 0.310. The Bertz CT molecular complexity index is 1330. The van der Waals surface area contributed by atoms with Crippen LogP contribution in [0.25, 0.3) is 0 Å². The number of hydrogen-bond acceptors (Lipinski definition) is 4. The molecule has 1 atom stereocenters. The first-order valence-electron chi connectivity index (χ1n) is 12.7. The molecule has 4 rings (SSSR count). The molecule has 200 valence electrons. The predicted octanol–water partition coefficient (Wildman–Crippen LogP) is 4.50. The molecule has 1 fully saturated rings. The van der Waals surface area contributed by atoms with Gasteiger partial charge in [-0.25, -0.2) is 12.8 Å². The van der Waals surface area contributed by atoms with Crippen LogP contribution in [-0.4, -0.2) is 43.8 Å². The molecule has 0 radical (unpaired) electrons. The molecule has 0 aliphatic heterocycles. The summed E-state index contributed by atoms with van der Waals surface area (Å²) >= 11 is 0. The summed E-state index contributed by atoms with van der Waals surface area (Å²) in [6.07, 6.45) is 3.91. The van der Waals surface area contributed by atoms with E-state index in [2.05, 4.69) is 5.32 Å². The number of carbonyl (C=O) groups excluding carboxylic acids is 2. The van der Waals surface area contributed by atoms with E-state index in [-0.39, 0.29) is 29.1 Å². The van der Waals surface area contributed by atoms with Crippen LogP contribution in [0.3, 0.4) is 0 Å². The number of benzene rings is 3. The Hall–Kier alpha value is -3.72. The fourth-order valence-electron chi connectivity index (χ4n) is 4.61. The number of amides is 2. The van der Waals surface area contributed by atoms with Crippen molar-refractivity contribution in [2.45, 2.75) is 56.1 Å². The van der Waals surface area contributed by atoms with E-state index in [0.717, 1.165) is 47.7 Å². The Balaban J connectivity index is 1.65. The van der Waals surface area contributed by atoms with Crippen molar-refractivity contribution in [2.75, 3.05) is 10.8 Å². The SMILES string of the molecule is CC(C(=O)NC1CCCC1)N(Cc1ccccc1)C(=O)CN(c1ccc(F)cc1)S(=O)(=O)c1ccccc1. The van der Waals surface area contributed by atoms with Gasteiger partial charge in [-0.05, 0) is 61.7 Å². The van der Waals surface area contributed by atoms with Crippen molar-refractivity contribution in [3.05, 3.63) is 96.3 Å². The second kappa shape index (κ2) is 12.2. The number of anilines is 1. The molecule has 0 bridgehead atoms.